The molecule has 1 aromatic heterocycles. The molecule has 162 valence electrons. The second-order valence-electron chi connectivity index (χ2n) is 7.42. The molecule has 6 nitrogen and oxygen atoms in total. The van der Waals surface area contributed by atoms with E-state index in [1.807, 2.05) is 18.2 Å². The number of ether oxygens (including phenoxy) is 2. The maximum absolute atomic E-state index is 12.6. The zero-order valence-corrected chi connectivity index (χ0v) is 18.3. The highest BCUT2D eigenvalue weighted by Gasteiger charge is 2.13. The van der Waals surface area contributed by atoms with Crippen LogP contribution in [-0.4, -0.2) is 30.9 Å². The van der Waals surface area contributed by atoms with Crippen molar-refractivity contribution >= 4 is 23.0 Å². The largest absolute Gasteiger partial charge is 0.497 e. The summed E-state index contributed by atoms with van der Waals surface area (Å²) in [5.74, 6) is 0.680. The lowest BCUT2D eigenvalue weighted by atomic mass is 10.1. The number of aromatic nitrogens is 1. The molecular weight excluding hydrogens is 402 g/mol. The molecule has 3 aromatic carbocycles. The first-order valence-electron chi connectivity index (χ1n) is 10.3. The molecule has 0 unspecified atom stereocenters. The number of carbonyl (C=O) groups is 1. The van der Waals surface area contributed by atoms with E-state index in [-0.39, 0.29) is 5.91 Å². The molecule has 1 heterocycles. The highest BCUT2D eigenvalue weighted by atomic mass is 16.5. The minimum Gasteiger partial charge on any atom is -0.497 e. The number of nitrogens with one attached hydrogen (secondary N) is 1. The molecule has 0 aliphatic rings. The van der Waals surface area contributed by atoms with Crippen molar-refractivity contribution in [1.82, 2.24) is 9.99 Å². The van der Waals surface area contributed by atoms with E-state index in [4.69, 9.17) is 9.47 Å². The van der Waals surface area contributed by atoms with Crippen LogP contribution in [-0.2, 0) is 6.54 Å². The normalized spacial score (nSPS) is 11.1. The Labute approximate surface area is 187 Å². The van der Waals surface area contributed by atoms with Gasteiger partial charge in [0, 0.05) is 35.3 Å². The molecule has 0 aliphatic heterocycles. The molecule has 32 heavy (non-hydrogen) atoms. The smallest absolute Gasteiger partial charge is 0.275 e. The number of amides is 1. The van der Waals surface area contributed by atoms with Crippen LogP contribution < -0.4 is 14.9 Å². The first kappa shape index (κ1) is 21.2. The second kappa shape index (κ2) is 9.39. The quantitative estimate of drug-likeness (QED) is 0.341. The van der Waals surface area contributed by atoms with Crippen LogP contribution in [0.2, 0.25) is 0 Å². The van der Waals surface area contributed by atoms with Crippen molar-refractivity contribution in [3.63, 3.8) is 0 Å². The van der Waals surface area contributed by atoms with Crippen LogP contribution in [0, 0.1) is 6.92 Å². The van der Waals surface area contributed by atoms with E-state index in [2.05, 4.69) is 58.5 Å². The Bertz CT molecular complexity index is 1290. The van der Waals surface area contributed by atoms with Crippen molar-refractivity contribution < 1.29 is 14.3 Å². The molecule has 4 aromatic rings. The number of hydrazone groups is 1. The minimum absolute atomic E-state index is 0.357. The van der Waals surface area contributed by atoms with E-state index < -0.39 is 0 Å². The Morgan fingerprint density at radius 1 is 1.03 bits per heavy atom. The van der Waals surface area contributed by atoms with Crippen molar-refractivity contribution in [2.24, 2.45) is 5.10 Å². The van der Waals surface area contributed by atoms with Crippen LogP contribution in [0.5, 0.6) is 11.5 Å². The first-order chi connectivity index (χ1) is 15.6. The Morgan fingerprint density at radius 3 is 2.59 bits per heavy atom. The molecule has 0 saturated carbocycles. The fourth-order valence-corrected chi connectivity index (χ4v) is 3.69. The van der Waals surface area contributed by atoms with Gasteiger partial charge in [0.25, 0.3) is 5.91 Å². The molecule has 0 aliphatic carbocycles. The molecule has 0 bridgehead atoms. The summed E-state index contributed by atoms with van der Waals surface area (Å²) in [6, 6.07) is 21.5. The number of carbonyl (C=O) groups excluding carboxylic acids is 1. The summed E-state index contributed by atoms with van der Waals surface area (Å²) >= 11 is 0. The maximum Gasteiger partial charge on any atom is 0.275 e. The third-order valence-electron chi connectivity index (χ3n) is 5.44. The topological polar surface area (TPSA) is 64.8 Å². The van der Waals surface area contributed by atoms with Gasteiger partial charge in [-0.1, -0.05) is 42.5 Å². The summed E-state index contributed by atoms with van der Waals surface area (Å²) in [6.07, 6.45) is 3.73. The van der Waals surface area contributed by atoms with Gasteiger partial charge in [-0.2, -0.15) is 5.10 Å². The summed E-state index contributed by atoms with van der Waals surface area (Å²) in [5.41, 5.74) is 7.53. The molecule has 6 heteroatoms. The number of hydrogen-bond acceptors (Lipinski definition) is 4. The van der Waals surface area contributed by atoms with Crippen molar-refractivity contribution in [2.45, 2.75) is 13.5 Å². The van der Waals surface area contributed by atoms with E-state index in [9.17, 15) is 4.79 Å². The molecule has 0 fully saturated rings. The summed E-state index contributed by atoms with van der Waals surface area (Å²) in [4.78, 5) is 12.6. The van der Waals surface area contributed by atoms with Crippen molar-refractivity contribution in [1.29, 1.82) is 0 Å². The van der Waals surface area contributed by atoms with Gasteiger partial charge in [0.2, 0.25) is 0 Å². The summed E-state index contributed by atoms with van der Waals surface area (Å²) < 4.78 is 12.7. The van der Waals surface area contributed by atoms with E-state index in [0.717, 1.165) is 23.0 Å². The van der Waals surface area contributed by atoms with Crippen molar-refractivity contribution in [2.75, 3.05) is 14.2 Å². The third kappa shape index (κ3) is 4.34. The number of aryl methyl sites for hydroxylation is 1. The van der Waals surface area contributed by atoms with Crippen LogP contribution in [0.15, 0.2) is 78.0 Å². The van der Waals surface area contributed by atoms with Gasteiger partial charge in [0.05, 0.1) is 26.0 Å². The summed E-state index contributed by atoms with van der Waals surface area (Å²) in [7, 11) is 3.08. The Hall–Kier alpha value is -4.06. The lowest BCUT2D eigenvalue weighted by Gasteiger charge is -2.08. The second-order valence-corrected chi connectivity index (χ2v) is 7.42. The Morgan fingerprint density at radius 2 is 1.81 bits per heavy atom. The van der Waals surface area contributed by atoms with Gasteiger partial charge >= 0.3 is 0 Å². The average molecular weight is 428 g/mol. The number of hydrogen-bond donors (Lipinski definition) is 1. The highest BCUT2D eigenvalue weighted by molar-refractivity contribution is 6.01. The lowest BCUT2D eigenvalue weighted by molar-refractivity contribution is 0.0952. The molecule has 4 rings (SSSR count). The van der Waals surface area contributed by atoms with E-state index >= 15 is 0 Å². The first-order valence-corrected chi connectivity index (χ1v) is 10.3. The number of para-hydroxylation sites is 1. The number of nitrogens with zero attached hydrogens (tertiary/aromatic N) is 2. The summed E-state index contributed by atoms with van der Waals surface area (Å²) in [5, 5.41) is 5.27. The molecular formula is C26H25N3O3. The van der Waals surface area contributed by atoms with Crippen LogP contribution in [0.25, 0.3) is 10.9 Å². The van der Waals surface area contributed by atoms with Crippen LogP contribution >= 0.6 is 0 Å². The monoisotopic (exact) mass is 427 g/mol. The van der Waals surface area contributed by atoms with Gasteiger partial charge in [-0.05, 0) is 36.2 Å². The molecule has 0 atom stereocenters. The van der Waals surface area contributed by atoms with Crippen molar-refractivity contribution in [3.8, 4) is 11.5 Å². The Balaban J connectivity index is 1.57. The minimum atomic E-state index is -0.357. The van der Waals surface area contributed by atoms with Gasteiger partial charge < -0.3 is 14.0 Å². The number of fused-ring (bicyclic) bond motifs is 1. The molecule has 0 radical (unpaired) electrons. The fourth-order valence-electron chi connectivity index (χ4n) is 3.69. The molecule has 0 spiro atoms. The SMILES string of the molecule is COc1ccc(C(=O)NN=Cc2cn(Cc3ccccc3C)c3ccccc23)c(OC)c1. The van der Waals surface area contributed by atoms with E-state index in [0.29, 0.717) is 17.1 Å². The number of benzene rings is 3. The highest BCUT2D eigenvalue weighted by Crippen LogP contribution is 2.25. The van der Waals surface area contributed by atoms with E-state index in [1.54, 1.807) is 31.5 Å². The fraction of sp³-hybridized carbons (Fsp3) is 0.154. The number of rotatable bonds is 7. The zero-order chi connectivity index (χ0) is 22.5. The standard InChI is InChI=1S/C26H25N3O3/c1-18-8-4-5-9-19(18)16-29-17-20(22-10-6-7-11-24(22)29)15-27-28-26(30)23-13-12-21(31-2)14-25(23)32-3/h4-15,17H,16H2,1-3H3,(H,28,30). The molecule has 1 N–H and O–H groups in total. The average Bonchev–Trinajstić information content (AvgIpc) is 3.17. The van der Waals surface area contributed by atoms with Gasteiger partial charge in [0.15, 0.2) is 0 Å². The lowest BCUT2D eigenvalue weighted by Crippen LogP contribution is -2.18. The van der Waals surface area contributed by atoms with Gasteiger partial charge in [-0.25, -0.2) is 5.43 Å². The van der Waals surface area contributed by atoms with Crippen molar-refractivity contribution in [3.05, 3.63) is 95.2 Å². The van der Waals surface area contributed by atoms with Crippen LogP contribution in [0.4, 0.5) is 0 Å². The predicted octanol–water partition coefficient (Wildman–Crippen LogP) is 4.78. The predicted molar refractivity (Wildman–Crippen MR) is 127 cm³/mol. The third-order valence-corrected chi connectivity index (χ3v) is 5.44. The van der Waals surface area contributed by atoms with Gasteiger partial charge in [-0.3, -0.25) is 4.79 Å². The number of methoxy groups -OCH3 is 2. The zero-order valence-electron chi connectivity index (χ0n) is 18.3. The maximum atomic E-state index is 12.6. The van der Waals surface area contributed by atoms with Gasteiger partial charge in [0.1, 0.15) is 11.5 Å². The van der Waals surface area contributed by atoms with Crippen LogP contribution in [0.3, 0.4) is 0 Å². The van der Waals surface area contributed by atoms with Crippen LogP contribution in [0.1, 0.15) is 27.0 Å². The Kier molecular flexibility index (Phi) is 6.22. The summed E-state index contributed by atoms with van der Waals surface area (Å²) in [6.45, 7) is 2.88. The van der Waals surface area contributed by atoms with Gasteiger partial charge in [-0.15, -0.1) is 0 Å². The molecule has 0 saturated heterocycles. The molecule has 1 amide bonds. The van der Waals surface area contributed by atoms with E-state index in [1.165, 1.54) is 18.2 Å².